The molecule has 5 rings (SSSR count). The normalized spacial score (nSPS) is 22.7. The Kier molecular flexibility index (Phi) is 8.98. The number of amides is 2. The van der Waals surface area contributed by atoms with Crippen LogP contribution in [0.1, 0.15) is 64.7 Å². The predicted octanol–water partition coefficient (Wildman–Crippen LogP) is 4.63. The first-order valence-electron chi connectivity index (χ1n) is 13.3. The van der Waals surface area contributed by atoms with Gasteiger partial charge in [0.1, 0.15) is 0 Å². The summed E-state index contributed by atoms with van der Waals surface area (Å²) in [5, 5.41) is 6.04. The summed E-state index contributed by atoms with van der Waals surface area (Å²) in [4.78, 5) is 35.4. The number of hydrogen-bond donors (Lipinski definition) is 3. The van der Waals surface area contributed by atoms with E-state index in [2.05, 4.69) is 10.2 Å². The van der Waals surface area contributed by atoms with Crippen LogP contribution >= 0.6 is 23.2 Å². The lowest BCUT2D eigenvalue weighted by molar-refractivity contribution is -0.138. The number of hydroxylamine groups is 1. The lowest BCUT2D eigenvalue weighted by atomic mass is 9.76. The second kappa shape index (κ2) is 12.5. The molecule has 0 aromatic heterocycles. The van der Waals surface area contributed by atoms with Gasteiger partial charge in [-0.05, 0) is 47.7 Å². The van der Waals surface area contributed by atoms with Crippen LogP contribution in [0.2, 0.25) is 10.0 Å². The molecule has 4 atom stereocenters. The lowest BCUT2D eigenvalue weighted by Gasteiger charge is -2.49. The molecule has 3 aromatic rings. The standard InChI is InChI=1S/C29H30Cl2N4O5S/c30-19-14-15-22(23(31)16-19)27-26(28(36)33-40-17-18-8-2-1-3-9-18)20-10-4-5-11-21(20)29(37)35(27)25-13-7-6-12-24(25)34-41(32,38)39/h1-5,8-11,14-16,24-27,34H,6-7,12-13,17H2,(H,33,36)(H2,32,38,39). The second-order valence-electron chi connectivity index (χ2n) is 10.2. The molecule has 1 fully saturated rings. The Morgan fingerprint density at radius 3 is 2.41 bits per heavy atom. The van der Waals surface area contributed by atoms with Gasteiger partial charge in [-0.1, -0.05) is 90.6 Å². The molecule has 9 nitrogen and oxygen atoms in total. The van der Waals surface area contributed by atoms with Gasteiger partial charge in [0.15, 0.2) is 0 Å². The minimum absolute atomic E-state index is 0.138. The maximum Gasteiger partial charge on any atom is 0.274 e. The average molecular weight is 618 g/mol. The Morgan fingerprint density at radius 1 is 0.976 bits per heavy atom. The molecule has 216 valence electrons. The number of rotatable bonds is 8. The molecule has 4 N–H and O–H groups in total. The van der Waals surface area contributed by atoms with Crippen molar-refractivity contribution in [3.63, 3.8) is 0 Å². The molecule has 0 saturated heterocycles. The molecule has 1 saturated carbocycles. The molecule has 1 aliphatic heterocycles. The third-order valence-corrected chi connectivity index (χ3v) is 8.79. The molecule has 41 heavy (non-hydrogen) atoms. The van der Waals surface area contributed by atoms with Crippen molar-refractivity contribution in [3.05, 3.63) is 105 Å². The van der Waals surface area contributed by atoms with Crippen LogP contribution in [-0.4, -0.2) is 37.2 Å². The number of carbonyl (C=O) groups excluding carboxylic acids is 2. The van der Waals surface area contributed by atoms with Gasteiger partial charge in [0, 0.05) is 27.7 Å². The van der Waals surface area contributed by atoms with Crippen LogP contribution < -0.4 is 15.3 Å². The van der Waals surface area contributed by atoms with E-state index in [9.17, 15) is 18.0 Å². The van der Waals surface area contributed by atoms with Gasteiger partial charge in [-0.2, -0.15) is 13.1 Å². The zero-order chi connectivity index (χ0) is 29.1. The van der Waals surface area contributed by atoms with Crippen LogP contribution in [0.5, 0.6) is 0 Å². The maximum absolute atomic E-state index is 14.2. The highest BCUT2D eigenvalue weighted by Gasteiger charge is 2.49. The van der Waals surface area contributed by atoms with Crippen molar-refractivity contribution in [1.82, 2.24) is 15.1 Å². The molecular weight excluding hydrogens is 587 g/mol. The molecule has 3 aromatic carbocycles. The summed E-state index contributed by atoms with van der Waals surface area (Å²) >= 11 is 12.9. The van der Waals surface area contributed by atoms with Gasteiger partial charge in [0.05, 0.1) is 18.6 Å². The van der Waals surface area contributed by atoms with Gasteiger partial charge in [-0.3, -0.25) is 14.4 Å². The maximum atomic E-state index is 14.2. The Morgan fingerprint density at radius 2 is 1.68 bits per heavy atom. The minimum atomic E-state index is -4.07. The van der Waals surface area contributed by atoms with E-state index < -0.39 is 40.2 Å². The van der Waals surface area contributed by atoms with E-state index in [1.807, 2.05) is 30.3 Å². The molecule has 12 heteroatoms. The van der Waals surface area contributed by atoms with E-state index in [-0.39, 0.29) is 17.5 Å². The van der Waals surface area contributed by atoms with Crippen LogP contribution in [0, 0.1) is 0 Å². The number of fused-ring (bicyclic) bond motifs is 1. The average Bonchev–Trinajstić information content (AvgIpc) is 2.93. The van der Waals surface area contributed by atoms with E-state index in [4.69, 9.17) is 33.2 Å². The molecule has 0 bridgehead atoms. The van der Waals surface area contributed by atoms with Gasteiger partial charge < -0.3 is 4.90 Å². The summed E-state index contributed by atoms with van der Waals surface area (Å²) in [7, 11) is -4.07. The van der Waals surface area contributed by atoms with Crippen LogP contribution in [-0.2, 0) is 26.4 Å². The highest BCUT2D eigenvalue weighted by atomic mass is 35.5. The van der Waals surface area contributed by atoms with E-state index in [0.717, 1.165) is 18.4 Å². The number of nitrogens with one attached hydrogen (secondary N) is 2. The molecule has 2 aliphatic rings. The fourth-order valence-electron chi connectivity index (χ4n) is 5.89. The summed E-state index contributed by atoms with van der Waals surface area (Å²) in [5.41, 5.74) is 4.81. The molecule has 1 aliphatic carbocycles. The summed E-state index contributed by atoms with van der Waals surface area (Å²) in [5.74, 6) is -1.75. The van der Waals surface area contributed by atoms with Crippen molar-refractivity contribution in [2.24, 2.45) is 5.14 Å². The Labute approximate surface area is 249 Å². The summed E-state index contributed by atoms with van der Waals surface area (Å²) in [6.45, 7) is 0.138. The van der Waals surface area contributed by atoms with Crippen molar-refractivity contribution >= 4 is 45.2 Å². The molecule has 1 heterocycles. The number of nitrogens with two attached hydrogens (primary N) is 1. The fourth-order valence-corrected chi connectivity index (χ4v) is 7.11. The molecule has 4 unspecified atom stereocenters. The van der Waals surface area contributed by atoms with Crippen molar-refractivity contribution in [1.29, 1.82) is 0 Å². The van der Waals surface area contributed by atoms with Gasteiger partial charge in [-0.15, -0.1) is 0 Å². The zero-order valence-electron chi connectivity index (χ0n) is 22.0. The van der Waals surface area contributed by atoms with E-state index in [1.54, 1.807) is 47.4 Å². The molecule has 0 spiro atoms. The minimum Gasteiger partial charge on any atom is -0.326 e. The first-order chi connectivity index (χ1) is 19.6. The van der Waals surface area contributed by atoms with Gasteiger partial charge in [0.25, 0.3) is 22.0 Å². The largest absolute Gasteiger partial charge is 0.326 e. The van der Waals surface area contributed by atoms with Crippen molar-refractivity contribution in [2.75, 3.05) is 0 Å². The molecule has 0 radical (unpaired) electrons. The summed E-state index contributed by atoms with van der Waals surface area (Å²) < 4.78 is 26.7. The fraction of sp³-hybridized carbons (Fsp3) is 0.310. The van der Waals surface area contributed by atoms with E-state index in [0.29, 0.717) is 34.6 Å². The summed E-state index contributed by atoms with van der Waals surface area (Å²) in [6.07, 6.45) is 2.50. The van der Waals surface area contributed by atoms with Crippen LogP contribution in [0.25, 0.3) is 0 Å². The quantitative estimate of drug-likeness (QED) is 0.318. The summed E-state index contributed by atoms with van der Waals surface area (Å²) in [6, 6.07) is 19.0. The first kappa shape index (κ1) is 29.5. The third-order valence-electron chi connectivity index (χ3n) is 7.60. The van der Waals surface area contributed by atoms with Crippen LogP contribution in [0.15, 0.2) is 72.8 Å². The second-order valence-corrected chi connectivity index (χ2v) is 12.4. The van der Waals surface area contributed by atoms with Crippen LogP contribution in [0.4, 0.5) is 0 Å². The van der Waals surface area contributed by atoms with Gasteiger partial charge in [0.2, 0.25) is 0 Å². The number of benzene rings is 3. The topological polar surface area (TPSA) is 131 Å². The van der Waals surface area contributed by atoms with Gasteiger partial charge in [-0.25, -0.2) is 10.6 Å². The Hall–Kier alpha value is -2.99. The van der Waals surface area contributed by atoms with Crippen molar-refractivity contribution in [3.8, 4) is 0 Å². The Balaban J connectivity index is 1.60. The zero-order valence-corrected chi connectivity index (χ0v) is 24.3. The van der Waals surface area contributed by atoms with Crippen LogP contribution in [0.3, 0.4) is 0 Å². The highest BCUT2D eigenvalue weighted by molar-refractivity contribution is 7.87. The van der Waals surface area contributed by atoms with Crippen molar-refractivity contribution < 1.29 is 22.8 Å². The number of carbonyl (C=O) groups is 2. The number of nitrogens with zero attached hydrogens (tertiary/aromatic N) is 1. The van der Waals surface area contributed by atoms with Crippen molar-refractivity contribution in [2.45, 2.75) is 56.3 Å². The lowest BCUT2D eigenvalue weighted by Crippen LogP contribution is -2.59. The number of halogens is 2. The monoisotopic (exact) mass is 616 g/mol. The smallest absolute Gasteiger partial charge is 0.274 e. The molecular formula is C29H30Cl2N4O5S. The Bertz CT molecular complexity index is 1540. The highest BCUT2D eigenvalue weighted by Crippen LogP contribution is 2.47. The SMILES string of the molecule is NS(=O)(=O)NC1CCCCC1N1C(=O)c2ccccc2C(C(=O)NOCc2ccccc2)C1c1ccc(Cl)cc1Cl. The van der Waals surface area contributed by atoms with Gasteiger partial charge >= 0.3 is 0 Å². The van der Waals surface area contributed by atoms with E-state index in [1.165, 1.54) is 0 Å². The predicted molar refractivity (Wildman–Crippen MR) is 156 cm³/mol. The molecule has 2 amide bonds. The first-order valence-corrected chi connectivity index (χ1v) is 15.6. The number of hydrogen-bond acceptors (Lipinski definition) is 5. The van der Waals surface area contributed by atoms with E-state index >= 15 is 0 Å². The third kappa shape index (κ3) is 6.58.